The molecule has 2 amide bonds. The third-order valence-corrected chi connectivity index (χ3v) is 4.72. The van der Waals surface area contributed by atoms with E-state index in [1.165, 1.54) is 6.26 Å². The van der Waals surface area contributed by atoms with E-state index >= 15 is 0 Å². The molecule has 2 rings (SSSR count). The average molecular weight is 321 g/mol. The number of aryl methyl sites for hydroxylation is 1. The number of hydrogen-bond acceptors (Lipinski definition) is 4. The van der Waals surface area contributed by atoms with Gasteiger partial charge in [0.15, 0.2) is 0 Å². The molecular formula is C15H19N3O3S. The molecular weight excluding hydrogens is 302 g/mol. The van der Waals surface area contributed by atoms with Crippen LogP contribution in [0.2, 0.25) is 0 Å². The van der Waals surface area contributed by atoms with Crippen molar-refractivity contribution in [2.75, 3.05) is 30.4 Å². The van der Waals surface area contributed by atoms with Gasteiger partial charge in [0.2, 0.25) is 0 Å². The maximum atomic E-state index is 12.1. The molecule has 0 saturated carbocycles. The van der Waals surface area contributed by atoms with Crippen LogP contribution in [0.4, 0.5) is 10.5 Å². The van der Waals surface area contributed by atoms with Crippen LogP contribution in [0, 0.1) is 17.2 Å². The van der Waals surface area contributed by atoms with Gasteiger partial charge in [-0.1, -0.05) is 6.92 Å². The van der Waals surface area contributed by atoms with E-state index in [1.54, 1.807) is 23.1 Å². The van der Waals surface area contributed by atoms with E-state index in [2.05, 4.69) is 11.4 Å². The zero-order chi connectivity index (χ0) is 16.3. The summed E-state index contributed by atoms with van der Waals surface area (Å²) >= 11 is 0. The lowest BCUT2D eigenvalue weighted by molar-refractivity contribution is 0.142. The summed E-state index contributed by atoms with van der Waals surface area (Å²) in [6, 6.07) is 6.99. The molecule has 0 spiro atoms. The molecule has 0 aromatic heterocycles. The molecule has 0 unspecified atom stereocenters. The molecule has 1 N–H and O–H groups in total. The monoisotopic (exact) mass is 321 g/mol. The highest BCUT2D eigenvalue weighted by Gasteiger charge is 2.32. The average Bonchev–Trinajstić information content (AvgIpc) is 2.41. The highest BCUT2D eigenvalue weighted by atomic mass is 32.2. The molecule has 1 aromatic carbocycles. The molecule has 1 heterocycles. The number of urea groups is 1. The Morgan fingerprint density at radius 1 is 1.45 bits per heavy atom. The van der Waals surface area contributed by atoms with Gasteiger partial charge in [-0.15, -0.1) is 0 Å². The molecule has 7 heteroatoms. The number of nitrogens with zero attached hydrogens (tertiary/aromatic N) is 2. The number of carbonyl (C=O) groups is 1. The Morgan fingerprint density at radius 2 is 2.14 bits per heavy atom. The Morgan fingerprint density at radius 3 is 2.68 bits per heavy atom. The summed E-state index contributed by atoms with van der Waals surface area (Å²) in [6.07, 6.45) is 1.92. The number of nitrogens with one attached hydrogen (secondary N) is 1. The van der Waals surface area contributed by atoms with Crippen LogP contribution in [0.1, 0.15) is 18.1 Å². The molecule has 1 aliphatic heterocycles. The van der Waals surface area contributed by atoms with E-state index in [9.17, 15) is 13.2 Å². The number of amides is 2. The summed E-state index contributed by atoms with van der Waals surface area (Å²) in [4.78, 5) is 13.7. The van der Waals surface area contributed by atoms with Crippen LogP contribution in [0.25, 0.3) is 0 Å². The van der Waals surface area contributed by atoms with Crippen molar-refractivity contribution >= 4 is 21.6 Å². The molecule has 1 fully saturated rings. The van der Waals surface area contributed by atoms with Gasteiger partial charge in [-0.25, -0.2) is 13.2 Å². The van der Waals surface area contributed by atoms with Gasteiger partial charge in [0.1, 0.15) is 9.84 Å². The van der Waals surface area contributed by atoms with Crippen molar-refractivity contribution in [2.45, 2.75) is 13.3 Å². The predicted octanol–water partition coefficient (Wildman–Crippen LogP) is 1.63. The molecule has 118 valence electrons. The Bertz CT molecular complexity index is 716. The Balaban J connectivity index is 1.96. The van der Waals surface area contributed by atoms with Crippen molar-refractivity contribution in [3.63, 3.8) is 0 Å². The number of benzene rings is 1. The van der Waals surface area contributed by atoms with Crippen molar-refractivity contribution in [3.05, 3.63) is 29.3 Å². The molecule has 1 aliphatic rings. The largest absolute Gasteiger partial charge is 0.324 e. The third kappa shape index (κ3) is 3.98. The quantitative estimate of drug-likeness (QED) is 0.912. The molecule has 1 aromatic rings. The van der Waals surface area contributed by atoms with E-state index < -0.39 is 9.84 Å². The Labute approximate surface area is 130 Å². The maximum Gasteiger partial charge on any atom is 0.321 e. The van der Waals surface area contributed by atoms with E-state index in [1.807, 2.05) is 6.92 Å². The SMILES string of the molecule is CCc1cc(C#N)ccc1NC(=O)N1CC(CS(C)(=O)=O)C1. The second-order valence-electron chi connectivity index (χ2n) is 5.63. The molecule has 1 saturated heterocycles. The summed E-state index contributed by atoms with van der Waals surface area (Å²) in [7, 11) is -3.00. The van der Waals surface area contributed by atoms with Crippen LogP contribution in [0.5, 0.6) is 0 Å². The number of rotatable bonds is 4. The number of anilines is 1. The minimum atomic E-state index is -3.00. The van der Waals surface area contributed by atoms with Gasteiger partial charge in [-0.2, -0.15) is 5.26 Å². The van der Waals surface area contributed by atoms with Crippen LogP contribution >= 0.6 is 0 Å². The molecule has 22 heavy (non-hydrogen) atoms. The standard InChI is InChI=1S/C15H19N3O3S/c1-3-13-6-11(7-16)4-5-14(13)17-15(19)18-8-12(9-18)10-22(2,20)21/h4-6,12H,3,8-10H2,1-2H3,(H,17,19). The maximum absolute atomic E-state index is 12.1. The second-order valence-corrected chi connectivity index (χ2v) is 7.82. The zero-order valence-electron chi connectivity index (χ0n) is 12.7. The van der Waals surface area contributed by atoms with Crippen molar-refractivity contribution in [1.82, 2.24) is 4.90 Å². The van der Waals surface area contributed by atoms with E-state index in [0.717, 1.165) is 5.56 Å². The minimum Gasteiger partial charge on any atom is -0.324 e. The Kier molecular flexibility index (Phi) is 4.71. The van der Waals surface area contributed by atoms with E-state index in [4.69, 9.17) is 5.26 Å². The highest BCUT2D eigenvalue weighted by Crippen LogP contribution is 2.22. The van der Waals surface area contributed by atoms with E-state index in [0.29, 0.717) is 30.8 Å². The highest BCUT2D eigenvalue weighted by molar-refractivity contribution is 7.90. The summed E-state index contributed by atoms with van der Waals surface area (Å²) < 4.78 is 22.4. The van der Waals surface area contributed by atoms with Gasteiger partial charge in [0.05, 0.1) is 17.4 Å². The van der Waals surface area contributed by atoms with Crippen LogP contribution in [-0.4, -0.2) is 44.4 Å². The van der Waals surface area contributed by atoms with Gasteiger partial charge < -0.3 is 10.2 Å². The zero-order valence-corrected chi connectivity index (χ0v) is 13.5. The van der Waals surface area contributed by atoms with Gasteiger partial charge in [-0.3, -0.25) is 0 Å². The number of carbonyl (C=O) groups excluding carboxylic acids is 1. The van der Waals surface area contributed by atoms with E-state index in [-0.39, 0.29) is 17.7 Å². The number of nitriles is 1. The topological polar surface area (TPSA) is 90.3 Å². The lowest BCUT2D eigenvalue weighted by Crippen LogP contribution is -2.53. The van der Waals surface area contributed by atoms with Crippen LogP contribution in [0.3, 0.4) is 0 Å². The lowest BCUT2D eigenvalue weighted by Gasteiger charge is -2.38. The minimum absolute atomic E-state index is 0.0207. The van der Waals surface area contributed by atoms with Gasteiger partial charge in [0, 0.05) is 31.0 Å². The molecule has 0 bridgehead atoms. The fraction of sp³-hybridized carbons (Fsp3) is 0.467. The van der Waals surface area contributed by atoms with Crippen molar-refractivity contribution in [2.24, 2.45) is 5.92 Å². The summed E-state index contributed by atoms with van der Waals surface area (Å²) in [5.74, 6) is 0.140. The molecule has 0 atom stereocenters. The number of likely N-dealkylation sites (tertiary alicyclic amines) is 1. The summed E-state index contributed by atoms with van der Waals surface area (Å²) in [5.41, 5.74) is 2.16. The second kappa shape index (κ2) is 6.36. The van der Waals surface area contributed by atoms with Gasteiger partial charge in [0.25, 0.3) is 0 Å². The smallest absolute Gasteiger partial charge is 0.321 e. The predicted molar refractivity (Wildman–Crippen MR) is 84.3 cm³/mol. The molecule has 6 nitrogen and oxygen atoms in total. The van der Waals surface area contributed by atoms with Crippen molar-refractivity contribution in [1.29, 1.82) is 5.26 Å². The Hall–Kier alpha value is -2.07. The first-order valence-corrected chi connectivity index (χ1v) is 9.15. The lowest BCUT2D eigenvalue weighted by atomic mass is 10.0. The first kappa shape index (κ1) is 16.3. The number of sulfone groups is 1. The fourth-order valence-corrected chi connectivity index (χ4v) is 3.61. The van der Waals surface area contributed by atoms with Crippen LogP contribution in [-0.2, 0) is 16.3 Å². The normalized spacial score (nSPS) is 15.0. The third-order valence-electron chi connectivity index (χ3n) is 3.64. The first-order chi connectivity index (χ1) is 10.3. The number of hydrogen-bond donors (Lipinski definition) is 1. The molecule has 0 radical (unpaired) electrons. The fourth-order valence-electron chi connectivity index (χ4n) is 2.54. The van der Waals surface area contributed by atoms with Crippen LogP contribution < -0.4 is 5.32 Å². The van der Waals surface area contributed by atoms with Crippen molar-refractivity contribution in [3.8, 4) is 6.07 Å². The molecule has 0 aliphatic carbocycles. The van der Waals surface area contributed by atoms with Gasteiger partial charge >= 0.3 is 6.03 Å². The first-order valence-electron chi connectivity index (χ1n) is 7.09. The van der Waals surface area contributed by atoms with Gasteiger partial charge in [-0.05, 0) is 30.2 Å². The summed E-state index contributed by atoms with van der Waals surface area (Å²) in [6.45, 7) is 2.87. The van der Waals surface area contributed by atoms with Crippen LogP contribution in [0.15, 0.2) is 18.2 Å². The summed E-state index contributed by atoms with van der Waals surface area (Å²) in [5, 5.41) is 11.7. The van der Waals surface area contributed by atoms with Crippen molar-refractivity contribution < 1.29 is 13.2 Å².